The number of carbonyl (C=O) groups is 1. The Kier molecular flexibility index (Phi) is 4.22. The summed E-state index contributed by atoms with van der Waals surface area (Å²) in [6.07, 6.45) is 1.57. The number of aryl methyl sites for hydroxylation is 3. The molecule has 0 aliphatic heterocycles. The summed E-state index contributed by atoms with van der Waals surface area (Å²) in [6, 6.07) is 4.84. The summed E-state index contributed by atoms with van der Waals surface area (Å²) in [5.41, 5.74) is 0.840. The Labute approximate surface area is 144 Å². The Morgan fingerprint density at radius 3 is 2.84 bits per heavy atom. The highest BCUT2D eigenvalue weighted by Crippen LogP contribution is 2.22. The van der Waals surface area contributed by atoms with E-state index in [1.54, 1.807) is 36.9 Å². The zero-order chi connectivity index (χ0) is 18.2. The lowest BCUT2D eigenvalue weighted by molar-refractivity contribution is 0.0364. The van der Waals surface area contributed by atoms with Gasteiger partial charge in [-0.3, -0.25) is 4.68 Å². The number of hydrogen-bond donors (Lipinski definition) is 3. The van der Waals surface area contributed by atoms with E-state index in [0.29, 0.717) is 17.2 Å². The quantitative estimate of drug-likeness (QED) is 0.673. The van der Waals surface area contributed by atoms with Crippen LogP contribution >= 0.6 is 0 Å². The van der Waals surface area contributed by atoms with E-state index in [1.165, 1.54) is 0 Å². The number of fused-ring (bicyclic) bond motifs is 1. The zero-order valence-corrected chi connectivity index (χ0v) is 14.6. The monoisotopic (exact) mass is 343 g/mol. The maximum Gasteiger partial charge on any atom is 0.319 e. The van der Waals surface area contributed by atoms with E-state index in [2.05, 4.69) is 20.7 Å². The second kappa shape index (κ2) is 6.21. The molecule has 0 bridgehead atoms. The summed E-state index contributed by atoms with van der Waals surface area (Å²) in [4.78, 5) is 16.4. The normalized spacial score (nSPS) is 13.6. The maximum absolute atomic E-state index is 12.1. The van der Waals surface area contributed by atoms with Crippen molar-refractivity contribution in [2.24, 2.45) is 7.05 Å². The van der Waals surface area contributed by atoms with Crippen molar-refractivity contribution in [2.75, 3.05) is 11.9 Å². The van der Waals surface area contributed by atoms with E-state index in [9.17, 15) is 9.90 Å². The summed E-state index contributed by atoms with van der Waals surface area (Å²) in [7, 11) is 1.82. The Balaban J connectivity index is 1.65. The lowest BCUT2D eigenvalue weighted by Gasteiger charge is -2.21. The van der Waals surface area contributed by atoms with Crippen molar-refractivity contribution in [3.63, 3.8) is 0 Å². The SMILES string of the molecule is Cc1ccc(C(C)(O)CNC(=O)Nc2cnc3c(c2)c(C)nn3C)o1. The number of anilines is 1. The number of nitrogens with zero attached hydrogens (tertiary/aromatic N) is 3. The molecule has 1 atom stereocenters. The van der Waals surface area contributed by atoms with E-state index in [1.807, 2.05) is 20.0 Å². The molecule has 25 heavy (non-hydrogen) atoms. The third-order valence-corrected chi connectivity index (χ3v) is 3.99. The molecule has 0 spiro atoms. The van der Waals surface area contributed by atoms with Gasteiger partial charge in [-0.05, 0) is 39.0 Å². The molecule has 1 unspecified atom stereocenters. The number of pyridine rings is 1. The van der Waals surface area contributed by atoms with Gasteiger partial charge in [0.2, 0.25) is 0 Å². The first kappa shape index (κ1) is 17.0. The van der Waals surface area contributed by atoms with Crippen LogP contribution in [0.5, 0.6) is 0 Å². The molecule has 3 N–H and O–H groups in total. The van der Waals surface area contributed by atoms with Gasteiger partial charge < -0.3 is 20.2 Å². The van der Waals surface area contributed by atoms with Crippen LogP contribution in [0.3, 0.4) is 0 Å². The van der Waals surface area contributed by atoms with Gasteiger partial charge in [0.25, 0.3) is 0 Å². The van der Waals surface area contributed by atoms with Crippen LogP contribution in [0.4, 0.5) is 10.5 Å². The third kappa shape index (κ3) is 3.48. The van der Waals surface area contributed by atoms with Gasteiger partial charge in [-0.2, -0.15) is 5.10 Å². The van der Waals surface area contributed by atoms with Crippen molar-refractivity contribution in [1.82, 2.24) is 20.1 Å². The Bertz CT molecular complexity index is 926. The molecule has 8 nitrogen and oxygen atoms in total. The van der Waals surface area contributed by atoms with Crippen LogP contribution in [-0.2, 0) is 12.6 Å². The average Bonchev–Trinajstić information content (AvgIpc) is 3.10. The van der Waals surface area contributed by atoms with Crippen LogP contribution in [0.2, 0.25) is 0 Å². The first-order chi connectivity index (χ1) is 11.8. The molecule has 0 saturated carbocycles. The second-order valence-corrected chi connectivity index (χ2v) is 6.30. The lowest BCUT2D eigenvalue weighted by Crippen LogP contribution is -2.40. The summed E-state index contributed by atoms with van der Waals surface area (Å²) in [6.45, 7) is 5.27. The Hall–Kier alpha value is -2.87. The number of urea groups is 1. The van der Waals surface area contributed by atoms with E-state index >= 15 is 0 Å². The van der Waals surface area contributed by atoms with Gasteiger partial charge in [0, 0.05) is 12.4 Å². The topological polar surface area (TPSA) is 105 Å². The highest BCUT2D eigenvalue weighted by atomic mass is 16.4. The molecule has 3 heterocycles. The van der Waals surface area contributed by atoms with Crippen molar-refractivity contribution in [3.05, 3.63) is 41.6 Å². The van der Waals surface area contributed by atoms with Crippen LogP contribution in [0.15, 0.2) is 28.8 Å². The van der Waals surface area contributed by atoms with Gasteiger partial charge in [0.15, 0.2) is 5.65 Å². The van der Waals surface area contributed by atoms with Crippen molar-refractivity contribution in [2.45, 2.75) is 26.4 Å². The Morgan fingerprint density at radius 2 is 2.16 bits per heavy atom. The first-order valence-corrected chi connectivity index (χ1v) is 7.90. The molecule has 0 radical (unpaired) electrons. The second-order valence-electron chi connectivity index (χ2n) is 6.30. The predicted molar refractivity (Wildman–Crippen MR) is 93.3 cm³/mol. The van der Waals surface area contributed by atoms with Gasteiger partial charge in [-0.25, -0.2) is 9.78 Å². The molecule has 3 rings (SSSR count). The summed E-state index contributed by atoms with van der Waals surface area (Å²) < 4.78 is 7.11. The molecule has 2 amide bonds. The van der Waals surface area contributed by atoms with Crippen molar-refractivity contribution in [3.8, 4) is 0 Å². The minimum absolute atomic E-state index is 0.00732. The molecule has 0 saturated heterocycles. The molecule has 3 aromatic rings. The molecule has 0 aliphatic rings. The van der Waals surface area contributed by atoms with E-state index in [-0.39, 0.29) is 6.54 Å². The molecule has 8 heteroatoms. The van der Waals surface area contributed by atoms with Gasteiger partial charge >= 0.3 is 6.03 Å². The third-order valence-electron chi connectivity index (χ3n) is 3.99. The van der Waals surface area contributed by atoms with Crippen LogP contribution in [0.25, 0.3) is 11.0 Å². The minimum Gasteiger partial charge on any atom is -0.463 e. The predicted octanol–water partition coefficient (Wildman–Crippen LogP) is 2.21. The number of amides is 2. The van der Waals surface area contributed by atoms with Crippen molar-refractivity contribution in [1.29, 1.82) is 0 Å². The number of hydrogen-bond acceptors (Lipinski definition) is 5. The average molecular weight is 343 g/mol. The number of aromatic nitrogens is 3. The fourth-order valence-electron chi connectivity index (χ4n) is 2.62. The van der Waals surface area contributed by atoms with Crippen LogP contribution in [0, 0.1) is 13.8 Å². The van der Waals surface area contributed by atoms with Crippen LogP contribution in [-0.4, -0.2) is 32.4 Å². The fraction of sp³-hybridized carbons (Fsp3) is 0.353. The highest BCUT2D eigenvalue weighted by Gasteiger charge is 2.27. The van der Waals surface area contributed by atoms with Gasteiger partial charge in [-0.15, -0.1) is 0 Å². The molecule has 3 aromatic heterocycles. The molecule has 132 valence electrons. The molecule has 0 aromatic carbocycles. The summed E-state index contributed by atoms with van der Waals surface area (Å²) in [5.74, 6) is 1.10. The summed E-state index contributed by atoms with van der Waals surface area (Å²) in [5, 5.41) is 21.0. The largest absolute Gasteiger partial charge is 0.463 e. The number of furan rings is 1. The van der Waals surface area contributed by atoms with Gasteiger partial charge in [0.1, 0.15) is 17.1 Å². The number of rotatable bonds is 4. The van der Waals surface area contributed by atoms with E-state index in [4.69, 9.17) is 4.42 Å². The molecular formula is C17H21N5O3. The van der Waals surface area contributed by atoms with Crippen LogP contribution in [0.1, 0.15) is 24.1 Å². The van der Waals surface area contributed by atoms with Crippen LogP contribution < -0.4 is 10.6 Å². The standard InChI is InChI=1S/C17H21N5O3/c1-10-5-6-14(25-10)17(3,24)9-19-16(23)20-12-7-13-11(2)21-22(4)15(13)18-8-12/h5-8,24H,9H2,1-4H3,(H2,19,20,23). The number of nitrogens with one attached hydrogen (secondary N) is 2. The van der Waals surface area contributed by atoms with Gasteiger partial charge in [0.05, 0.1) is 24.1 Å². The Morgan fingerprint density at radius 1 is 1.40 bits per heavy atom. The molecular weight excluding hydrogens is 322 g/mol. The lowest BCUT2D eigenvalue weighted by atomic mass is 10.0. The molecule has 0 fully saturated rings. The fourth-order valence-corrected chi connectivity index (χ4v) is 2.62. The maximum atomic E-state index is 12.1. The smallest absolute Gasteiger partial charge is 0.319 e. The van der Waals surface area contributed by atoms with Gasteiger partial charge in [-0.1, -0.05) is 0 Å². The van der Waals surface area contributed by atoms with Crippen molar-refractivity contribution < 1.29 is 14.3 Å². The number of aliphatic hydroxyl groups is 1. The molecule has 0 aliphatic carbocycles. The first-order valence-electron chi connectivity index (χ1n) is 7.90. The highest BCUT2D eigenvalue weighted by molar-refractivity contribution is 5.92. The van der Waals surface area contributed by atoms with E-state index < -0.39 is 11.6 Å². The van der Waals surface area contributed by atoms with E-state index in [0.717, 1.165) is 16.7 Å². The van der Waals surface area contributed by atoms with Crippen molar-refractivity contribution >= 4 is 22.8 Å². The minimum atomic E-state index is -1.30. The number of carbonyl (C=O) groups excluding carboxylic acids is 1. The zero-order valence-electron chi connectivity index (χ0n) is 14.6. The summed E-state index contributed by atoms with van der Waals surface area (Å²) >= 11 is 0.